The number of aromatic nitrogens is 2. The molecule has 1 amide bonds. The van der Waals surface area contributed by atoms with Gasteiger partial charge in [0.15, 0.2) is 6.61 Å². The molecule has 24 heavy (non-hydrogen) atoms. The minimum atomic E-state index is 0.0326. The van der Waals surface area contributed by atoms with Gasteiger partial charge in [0.05, 0.1) is 11.3 Å². The summed E-state index contributed by atoms with van der Waals surface area (Å²) in [6.07, 6.45) is 9.76. The van der Waals surface area contributed by atoms with Crippen LogP contribution in [-0.2, 0) is 11.3 Å². The lowest BCUT2D eigenvalue weighted by Gasteiger charge is -2.36. The number of rotatable bonds is 6. The van der Waals surface area contributed by atoms with E-state index in [1.165, 1.54) is 6.42 Å². The van der Waals surface area contributed by atoms with Crippen LogP contribution in [0.4, 0.5) is 0 Å². The van der Waals surface area contributed by atoms with Crippen LogP contribution < -0.4 is 4.74 Å². The van der Waals surface area contributed by atoms with Crippen molar-refractivity contribution in [2.75, 3.05) is 13.2 Å². The van der Waals surface area contributed by atoms with Crippen LogP contribution in [0.3, 0.4) is 0 Å². The van der Waals surface area contributed by atoms with Gasteiger partial charge in [0, 0.05) is 31.5 Å². The molecule has 0 aliphatic carbocycles. The Morgan fingerprint density at radius 3 is 3.00 bits per heavy atom. The topological polar surface area (TPSA) is 47.4 Å². The second kappa shape index (κ2) is 8.20. The number of carbonyl (C=O) groups is 1. The standard InChI is InChI=1S/C18H22ClN3O2/c19-16-6-1-2-7-17(16)24-13-18(23)22-10-4-3-5-15(22)8-11-21-12-9-20-14-21/h1-2,6-7,9,12,14-15H,3-5,8,10-11,13H2. The molecule has 1 aromatic heterocycles. The highest BCUT2D eigenvalue weighted by molar-refractivity contribution is 6.32. The molecule has 1 aliphatic heterocycles. The predicted octanol–water partition coefficient (Wildman–Crippen LogP) is 3.39. The van der Waals surface area contributed by atoms with Crippen molar-refractivity contribution in [1.82, 2.24) is 14.5 Å². The number of imidazole rings is 1. The number of benzene rings is 1. The van der Waals surface area contributed by atoms with Gasteiger partial charge in [-0.3, -0.25) is 4.79 Å². The van der Waals surface area contributed by atoms with E-state index in [0.29, 0.717) is 10.8 Å². The van der Waals surface area contributed by atoms with Gasteiger partial charge in [0.25, 0.3) is 5.91 Å². The van der Waals surface area contributed by atoms with Crippen molar-refractivity contribution < 1.29 is 9.53 Å². The number of hydrogen-bond donors (Lipinski definition) is 0. The van der Waals surface area contributed by atoms with Crippen molar-refractivity contribution in [1.29, 1.82) is 0 Å². The molecule has 2 heterocycles. The zero-order valence-corrected chi connectivity index (χ0v) is 14.4. The van der Waals surface area contributed by atoms with Gasteiger partial charge in [-0.25, -0.2) is 4.98 Å². The lowest BCUT2D eigenvalue weighted by Crippen LogP contribution is -2.46. The summed E-state index contributed by atoms with van der Waals surface area (Å²) >= 11 is 6.07. The molecule has 0 radical (unpaired) electrons. The second-order valence-corrected chi connectivity index (χ2v) is 6.45. The number of aryl methyl sites for hydroxylation is 1. The first kappa shape index (κ1) is 16.8. The Balaban J connectivity index is 1.55. The number of nitrogens with zero attached hydrogens (tertiary/aromatic N) is 3. The molecule has 0 bridgehead atoms. The Morgan fingerprint density at radius 1 is 1.33 bits per heavy atom. The molecule has 3 rings (SSSR count). The van der Waals surface area contributed by atoms with E-state index in [1.807, 2.05) is 29.6 Å². The average Bonchev–Trinajstić information content (AvgIpc) is 3.13. The summed E-state index contributed by atoms with van der Waals surface area (Å²) in [4.78, 5) is 18.6. The summed E-state index contributed by atoms with van der Waals surface area (Å²) in [5, 5.41) is 0.528. The zero-order chi connectivity index (χ0) is 16.8. The fourth-order valence-corrected chi connectivity index (χ4v) is 3.32. The van der Waals surface area contributed by atoms with Crippen LogP contribution in [0.25, 0.3) is 0 Å². The fourth-order valence-electron chi connectivity index (χ4n) is 3.13. The molecule has 1 unspecified atom stereocenters. The monoisotopic (exact) mass is 347 g/mol. The van der Waals surface area contributed by atoms with Crippen LogP contribution in [0.15, 0.2) is 43.0 Å². The number of amides is 1. The van der Waals surface area contributed by atoms with E-state index in [-0.39, 0.29) is 18.6 Å². The Morgan fingerprint density at radius 2 is 2.21 bits per heavy atom. The summed E-state index contributed by atoms with van der Waals surface area (Å²) in [5.41, 5.74) is 0. The van der Waals surface area contributed by atoms with Gasteiger partial charge < -0.3 is 14.2 Å². The zero-order valence-electron chi connectivity index (χ0n) is 13.6. The molecule has 2 aromatic rings. The van der Waals surface area contributed by atoms with E-state index >= 15 is 0 Å². The first-order chi connectivity index (χ1) is 11.7. The number of piperidine rings is 1. The molecule has 1 aromatic carbocycles. The molecule has 0 saturated carbocycles. The maximum atomic E-state index is 12.6. The van der Waals surface area contributed by atoms with Crippen LogP contribution in [0.5, 0.6) is 5.75 Å². The van der Waals surface area contributed by atoms with Gasteiger partial charge in [-0.1, -0.05) is 23.7 Å². The van der Waals surface area contributed by atoms with Crippen LogP contribution >= 0.6 is 11.6 Å². The van der Waals surface area contributed by atoms with Gasteiger partial charge in [-0.15, -0.1) is 0 Å². The normalized spacial score (nSPS) is 17.7. The summed E-state index contributed by atoms with van der Waals surface area (Å²) in [7, 11) is 0. The smallest absolute Gasteiger partial charge is 0.260 e. The number of hydrogen-bond acceptors (Lipinski definition) is 3. The first-order valence-corrected chi connectivity index (χ1v) is 8.74. The number of carbonyl (C=O) groups excluding carboxylic acids is 1. The van der Waals surface area contributed by atoms with Crippen LogP contribution in [0.1, 0.15) is 25.7 Å². The average molecular weight is 348 g/mol. The minimum absolute atomic E-state index is 0.0326. The van der Waals surface area contributed by atoms with E-state index < -0.39 is 0 Å². The Labute approximate surface area is 147 Å². The molecule has 6 heteroatoms. The van der Waals surface area contributed by atoms with Crippen molar-refractivity contribution in [3.8, 4) is 5.75 Å². The van der Waals surface area contributed by atoms with Crippen molar-refractivity contribution in [3.05, 3.63) is 48.0 Å². The van der Waals surface area contributed by atoms with Crippen LogP contribution in [-0.4, -0.2) is 39.6 Å². The van der Waals surface area contributed by atoms with Crippen LogP contribution in [0.2, 0.25) is 5.02 Å². The number of para-hydroxylation sites is 1. The van der Waals surface area contributed by atoms with Crippen molar-refractivity contribution in [3.63, 3.8) is 0 Å². The van der Waals surface area contributed by atoms with Crippen LogP contribution in [0, 0.1) is 0 Å². The van der Waals surface area contributed by atoms with Gasteiger partial charge in [0.2, 0.25) is 0 Å². The highest BCUT2D eigenvalue weighted by atomic mass is 35.5. The fraction of sp³-hybridized carbons (Fsp3) is 0.444. The second-order valence-electron chi connectivity index (χ2n) is 6.05. The first-order valence-electron chi connectivity index (χ1n) is 8.36. The number of likely N-dealkylation sites (tertiary alicyclic amines) is 1. The third kappa shape index (κ3) is 4.29. The largest absolute Gasteiger partial charge is 0.482 e. The molecule has 0 spiro atoms. The maximum Gasteiger partial charge on any atom is 0.260 e. The number of halogens is 1. The molecule has 1 fully saturated rings. The molecular weight excluding hydrogens is 326 g/mol. The minimum Gasteiger partial charge on any atom is -0.482 e. The Hall–Kier alpha value is -2.01. The maximum absolute atomic E-state index is 12.6. The van der Waals surface area contributed by atoms with Gasteiger partial charge in [-0.2, -0.15) is 0 Å². The Kier molecular flexibility index (Phi) is 5.75. The highest BCUT2D eigenvalue weighted by Gasteiger charge is 2.26. The summed E-state index contributed by atoms with van der Waals surface area (Å²) < 4.78 is 7.67. The summed E-state index contributed by atoms with van der Waals surface area (Å²) in [6, 6.07) is 7.50. The summed E-state index contributed by atoms with van der Waals surface area (Å²) in [5.74, 6) is 0.588. The molecule has 0 N–H and O–H groups in total. The summed E-state index contributed by atoms with van der Waals surface area (Å²) in [6.45, 7) is 1.71. The quantitative estimate of drug-likeness (QED) is 0.804. The lowest BCUT2D eigenvalue weighted by atomic mass is 9.99. The molecule has 1 aliphatic rings. The molecule has 1 saturated heterocycles. The van der Waals surface area contributed by atoms with Crippen molar-refractivity contribution in [2.45, 2.75) is 38.3 Å². The molecule has 128 valence electrons. The third-order valence-corrected chi connectivity index (χ3v) is 4.73. The highest BCUT2D eigenvalue weighted by Crippen LogP contribution is 2.24. The molecule has 5 nitrogen and oxygen atoms in total. The van der Waals surface area contributed by atoms with Crippen molar-refractivity contribution >= 4 is 17.5 Å². The van der Waals surface area contributed by atoms with Gasteiger partial charge in [-0.05, 0) is 37.8 Å². The van der Waals surface area contributed by atoms with E-state index in [4.69, 9.17) is 16.3 Å². The molecule has 1 atom stereocenters. The van der Waals surface area contributed by atoms with E-state index in [1.54, 1.807) is 18.3 Å². The van der Waals surface area contributed by atoms with E-state index in [9.17, 15) is 4.79 Å². The third-order valence-electron chi connectivity index (χ3n) is 4.41. The van der Waals surface area contributed by atoms with Crippen molar-refractivity contribution in [2.24, 2.45) is 0 Å². The molecular formula is C18H22ClN3O2. The van der Waals surface area contributed by atoms with E-state index in [0.717, 1.165) is 32.4 Å². The lowest BCUT2D eigenvalue weighted by molar-refractivity contribution is -0.137. The van der Waals surface area contributed by atoms with Gasteiger partial charge in [0.1, 0.15) is 5.75 Å². The van der Waals surface area contributed by atoms with Gasteiger partial charge >= 0.3 is 0 Å². The SMILES string of the molecule is O=C(COc1ccccc1Cl)N1CCCCC1CCn1ccnc1. The van der Waals surface area contributed by atoms with E-state index in [2.05, 4.69) is 9.55 Å². The number of ether oxygens (including phenoxy) is 1. The Bertz CT molecular complexity index is 660. The predicted molar refractivity (Wildman–Crippen MR) is 93.1 cm³/mol.